The smallest absolute Gasteiger partial charge is 0.277 e. The number of anilines is 1. The summed E-state index contributed by atoms with van der Waals surface area (Å²) < 4.78 is 1.41. The van der Waals surface area contributed by atoms with Gasteiger partial charge >= 0.3 is 0 Å². The summed E-state index contributed by atoms with van der Waals surface area (Å²) in [6, 6.07) is 11.8. The molecule has 5 amide bonds. The number of para-hydroxylation sites is 1. The number of aromatic nitrogens is 3. The van der Waals surface area contributed by atoms with Crippen LogP contribution in [-0.4, -0.2) is 66.9 Å². The molecule has 3 aliphatic rings. The highest BCUT2D eigenvalue weighted by Crippen LogP contribution is 2.29. The molecule has 39 heavy (non-hydrogen) atoms. The van der Waals surface area contributed by atoms with Gasteiger partial charge in [0.25, 0.3) is 11.8 Å². The van der Waals surface area contributed by atoms with Crippen molar-refractivity contribution in [3.8, 4) is 5.69 Å². The van der Waals surface area contributed by atoms with Crippen molar-refractivity contribution >= 4 is 35.2 Å². The monoisotopic (exact) mass is 527 g/mol. The average molecular weight is 528 g/mol. The molecule has 3 aliphatic heterocycles. The molecule has 2 aromatic carbocycles. The van der Waals surface area contributed by atoms with E-state index in [1.54, 1.807) is 35.2 Å². The zero-order chi connectivity index (χ0) is 27.1. The minimum Gasteiger partial charge on any atom is -0.338 e. The Balaban J connectivity index is 1.17. The van der Waals surface area contributed by atoms with Gasteiger partial charge in [0.1, 0.15) is 6.04 Å². The molecule has 4 heterocycles. The number of nitrogens with one attached hydrogen (secondary N) is 2. The SMILES string of the molecule is O=C1CCC(N2Cc3ccc(-n4cc(C(=O)Nc5ccccc5CN5CCCC5=O)nn4)cc3C2=O)C(=O)N1. The van der Waals surface area contributed by atoms with Gasteiger partial charge in [-0.25, -0.2) is 4.68 Å². The number of carbonyl (C=O) groups is 5. The quantitative estimate of drug-likeness (QED) is 0.461. The Morgan fingerprint density at radius 3 is 2.72 bits per heavy atom. The Morgan fingerprint density at radius 2 is 1.92 bits per heavy atom. The van der Waals surface area contributed by atoms with E-state index in [1.807, 2.05) is 12.1 Å². The number of nitrogens with zero attached hydrogens (tertiary/aromatic N) is 5. The summed E-state index contributed by atoms with van der Waals surface area (Å²) in [6.07, 6.45) is 3.32. The van der Waals surface area contributed by atoms with Crippen molar-refractivity contribution in [3.63, 3.8) is 0 Å². The van der Waals surface area contributed by atoms with E-state index in [2.05, 4.69) is 20.9 Å². The van der Waals surface area contributed by atoms with Gasteiger partial charge in [-0.2, -0.15) is 0 Å². The van der Waals surface area contributed by atoms with Crippen LogP contribution in [-0.2, 0) is 27.5 Å². The second kappa shape index (κ2) is 9.78. The fourth-order valence-electron chi connectivity index (χ4n) is 5.22. The number of benzene rings is 2. The fourth-order valence-corrected chi connectivity index (χ4v) is 5.22. The zero-order valence-corrected chi connectivity index (χ0v) is 20.9. The summed E-state index contributed by atoms with van der Waals surface area (Å²) in [5.41, 5.74) is 3.23. The van der Waals surface area contributed by atoms with Crippen molar-refractivity contribution < 1.29 is 24.0 Å². The predicted molar refractivity (Wildman–Crippen MR) is 136 cm³/mol. The van der Waals surface area contributed by atoms with Crippen molar-refractivity contribution in [1.29, 1.82) is 0 Å². The summed E-state index contributed by atoms with van der Waals surface area (Å²) >= 11 is 0. The zero-order valence-electron chi connectivity index (χ0n) is 20.9. The molecule has 12 heteroatoms. The molecule has 0 bridgehead atoms. The van der Waals surface area contributed by atoms with E-state index in [-0.39, 0.29) is 42.8 Å². The molecule has 2 N–H and O–H groups in total. The number of likely N-dealkylation sites (tertiary alicyclic amines) is 1. The van der Waals surface area contributed by atoms with Gasteiger partial charge in [0.15, 0.2) is 5.69 Å². The Kier molecular flexibility index (Phi) is 6.14. The average Bonchev–Trinajstić information content (AvgIpc) is 3.65. The first-order chi connectivity index (χ1) is 18.9. The van der Waals surface area contributed by atoms with Crippen LogP contribution in [0.1, 0.15) is 57.7 Å². The number of amides is 5. The maximum atomic E-state index is 13.1. The Morgan fingerprint density at radius 1 is 1.08 bits per heavy atom. The standard InChI is InChI=1S/C27H25N7O5/c35-23-10-9-22(26(38)29-23)33-14-16-7-8-18(12-19(16)27(33)39)34-15-21(30-31-34)25(37)28-20-5-2-1-4-17(20)13-32-11-3-6-24(32)36/h1-2,4-5,7-8,12,15,22H,3,6,9-11,13-14H2,(H,28,37)(H,29,35,38). The van der Waals surface area contributed by atoms with Crippen LogP contribution in [0.4, 0.5) is 5.69 Å². The van der Waals surface area contributed by atoms with Gasteiger partial charge in [-0.3, -0.25) is 29.3 Å². The molecule has 0 radical (unpaired) electrons. The summed E-state index contributed by atoms with van der Waals surface area (Å²) in [4.78, 5) is 65.2. The summed E-state index contributed by atoms with van der Waals surface area (Å²) in [7, 11) is 0. The number of imide groups is 1. The van der Waals surface area contributed by atoms with Crippen LogP contribution in [0, 0.1) is 0 Å². The van der Waals surface area contributed by atoms with E-state index >= 15 is 0 Å². The molecule has 0 spiro atoms. The number of fused-ring (bicyclic) bond motifs is 1. The first kappa shape index (κ1) is 24.5. The number of hydrogen-bond acceptors (Lipinski definition) is 7. The molecule has 0 aliphatic carbocycles. The van der Waals surface area contributed by atoms with Crippen LogP contribution in [0.25, 0.3) is 5.69 Å². The summed E-state index contributed by atoms with van der Waals surface area (Å²) in [5, 5.41) is 13.2. The van der Waals surface area contributed by atoms with E-state index < -0.39 is 17.9 Å². The van der Waals surface area contributed by atoms with Gasteiger partial charge in [0.05, 0.1) is 11.9 Å². The number of piperidine rings is 1. The molecule has 2 fully saturated rings. The summed E-state index contributed by atoms with van der Waals surface area (Å²) in [6.45, 7) is 1.39. The lowest BCUT2D eigenvalue weighted by Gasteiger charge is -2.29. The van der Waals surface area contributed by atoms with Crippen molar-refractivity contribution in [2.24, 2.45) is 0 Å². The first-order valence-electron chi connectivity index (χ1n) is 12.7. The molecule has 12 nitrogen and oxygen atoms in total. The fraction of sp³-hybridized carbons (Fsp3) is 0.296. The minimum atomic E-state index is -0.695. The van der Waals surface area contributed by atoms with Crippen LogP contribution in [0.3, 0.4) is 0 Å². The topological polar surface area (TPSA) is 147 Å². The highest BCUT2D eigenvalue weighted by Gasteiger charge is 2.39. The molecule has 1 unspecified atom stereocenters. The van der Waals surface area contributed by atoms with Gasteiger partial charge in [0, 0.05) is 43.7 Å². The highest BCUT2D eigenvalue weighted by molar-refractivity contribution is 6.06. The maximum Gasteiger partial charge on any atom is 0.277 e. The van der Waals surface area contributed by atoms with Gasteiger partial charge in [-0.1, -0.05) is 29.5 Å². The van der Waals surface area contributed by atoms with E-state index in [0.717, 1.165) is 17.5 Å². The lowest BCUT2D eigenvalue weighted by Crippen LogP contribution is -2.52. The maximum absolute atomic E-state index is 13.1. The first-order valence-corrected chi connectivity index (χ1v) is 12.7. The molecule has 2 saturated heterocycles. The van der Waals surface area contributed by atoms with Crippen molar-refractivity contribution in [2.45, 2.75) is 44.8 Å². The van der Waals surface area contributed by atoms with Gasteiger partial charge in [-0.15, -0.1) is 5.10 Å². The Labute approximate surface area is 222 Å². The van der Waals surface area contributed by atoms with Gasteiger partial charge in [0.2, 0.25) is 17.7 Å². The summed E-state index contributed by atoms with van der Waals surface area (Å²) in [5.74, 6) is -1.45. The third-order valence-electron chi connectivity index (χ3n) is 7.30. The van der Waals surface area contributed by atoms with Crippen molar-refractivity contribution in [1.82, 2.24) is 30.1 Å². The van der Waals surface area contributed by atoms with Gasteiger partial charge in [-0.05, 0) is 42.2 Å². The van der Waals surface area contributed by atoms with Crippen LogP contribution in [0.15, 0.2) is 48.7 Å². The molecule has 198 valence electrons. The van der Waals surface area contributed by atoms with E-state index in [1.165, 1.54) is 15.8 Å². The van der Waals surface area contributed by atoms with E-state index in [0.29, 0.717) is 36.4 Å². The minimum absolute atomic E-state index is 0.0825. The molecular weight excluding hydrogens is 502 g/mol. The van der Waals surface area contributed by atoms with Crippen LogP contribution in [0.5, 0.6) is 0 Å². The number of carbonyl (C=O) groups excluding carboxylic acids is 5. The number of hydrogen-bond donors (Lipinski definition) is 2. The van der Waals surface area contributed by atoms with Gasteiger partial charge < -0.3 is 15.1 Å². The lowest BCUT2D eigenvalue weighted by atomic mass is 10.0. The second-order valence-corrected chi connectivity index (χ2v) is 9.82. The molecule has 0 saturated carbocycles. The molecule has 3 aromatic rings. The van der Waals surface area contributed by atoms with E-state index in [4.69, 9.17) is 0 Å². The Hall–Kier alpha value is -4.87. The molecule has 6 rings (SSSR count). The normalized spacial score (nSPS) is 18.9. The molecule has 1 atom stereocenters. The lowest BCUT2D eigenvalue weighted by molar-refractivity contribution is -0.137. The van der Waals surface area contributed by atoms with Crippen molar-refractivity contribution in [3.05, 3.63) is 71.0 Å². The highest BCUT2D eigenvalue weighted by atomic mass is 16.2. The van der Waals surface area contributed by atoms with Crippen LogP contribution in [0.2, 0.25) is 0 Å². The van der Waals surface area contributed by atoms with Crippen LogP contribution < -0.4 is 10.6 Å². The van der Waals surface area contributed by atoms with Crippen LogP contribution >= 0.6 is 0 Å². The van der Waals surface area contributed by atoms with E-state index in [9.17, 15) is 24.0 Å². The third kappa shape index (κ3) is 4.65. The molecular formula is C27H25N7O5. The predicted octanol–water partition coefficient (Wildman–Crippen LogP) is 1.40. The van der Waals surface area contributed by atoms with Crippen molar-refractivity contribution in [2.75, 3.05) is 11.9 Å². The Bertz CT molecular complexity index is 1530. The second-order valence-electron chi connectivity index (χ2n) is 9.82. The molecule has 1 aromatic heterocycles. The third-order valence-corrected chi connectivity index (χ3v) is 7.30. The number of rotatable bonds is 6. The largest absolute Gasteiger partial charge is 0.338 e.